The van der Waals surface area contributed by atoms with E-state index in [1.807, 2.05) is 32.0 Å². The van der Waals surface area contributed by atoms with Crippen LogP contribution in [0.15, 0.2) is 71.8 Å². The van der Waals surface area contributed by atoms with Crippen LogP contribution in [-0.2, 0) is 14.4 Å². The number of carbonyl (C=O) groups is 3. The maximum atomic E-state index is 12.1. The van der Waals surface area contributed by atoms with E-state index in [0.717, 1.165) is 11.1 Å². The zero-order chi connectivity index (χ0) is 24.5. The standard InChI is InChI=1S/C25H23ClN4O4/c1-16-7-10-19(13-21(16)26)28-23(31)15-34-20-11-8-18(9-12-20)14-27-30-25(33)24(32)29-22-6-4-3-5-17(22)2/h3-14H,15H2,1-2H3,(H,28,31)(H,29,32)(H,30,33)/b27-14-. The molecule has 34 heavy (non-hydrogen) atoms. The van der Waals surface area contributed by atoms with Gasteiger partial charge in [0.05, 0.1) is 6.21 Å². The van der Waals surface area contributed by atoms with Crippen molar-refractivity contribution in [2.24, 2.45) is 5.10 Å². The average molecular weight is 479 g/mol. The number of halogens is 1. The summed E-state index contributed by atoms with van der Waals surface area (Å²) in [6.45, 7) is 3.53. The van der Waals surface area contributed by atoms with Gasteiger partial charge in [-0.2, -0.15) is 5.10 Å². The molecule has 3 N–H and O–H groups in total. The SMILES string of the molecule is Cc1ccc(NC(=O)COc2ccc(/C=N\NC(=O)C(=O)Nc3ccccc3C)cc2)cc1Cl. The molecule has 0 heterocycles. The summed E-state index contributed by atoms with van der Waals surface area (Å²) in [5.74, 6) is -1.55. The summed E-state index contributed by atoms with van der Waals surface area (Å²) in [5.41, 5.74) is 5.74. The van der Waals surface area contributed by atoms with E-state index in [0.29, 0.717) is 27.7 Å². The molecule has 0 fully saturated rings. The van der Waals surface area contributed by atoms with E-state index in [4.69, 9.17) is 16.3 Å². The second-order valence-corrected chi connectivity index (χ2v) is 7.75. The highest BCUT2D eigenvalue weighted by Crippen LogP contribution is 2.20. The van der Waals surface area contributed by atoms with E-state index < -0.39 is 11.8 Å². The van der Waals surface area contributed by atoms with E-state index in [2.05, 4.69) is 21.2 Å². The van der Waals surface area contributed by atoms with Gasteiger partial charge in [-0.15, -0.1) is 0 Å². The second-order valence-electron chi connectivity index (χ2n) is 7.34. The van der Waals surface area contributed by atoms with Gasteiger partial charge in [-0.1, -0.05) is 35.9 Å². The smallest absolute Gasteiger partial charge is 0.329 e. The lowest BCUT2D eigenvalue weighted by Crippen LogP contribution is -2.32. The second kappa shape index (κ2) is 11.6. The molecule has 0 aliphatic heterocycles. The molecule has 174 valence electrons. The topological polar surface area (TPSA) is 109 Å². The third kappa shape index (κ3) is 7.18. The first kappa shape index (κ1) is 24.5. The zero-order valence-electron chi connectivity index (χ0n) is 18.6. The number of ether oxygens (including phenoxy) is 1. The summed E-state index contributed by atoms with van der Waals surface area (Å²) >= 11 is 6.06. The number of rotatable bonds is 7. The molecule has 0 unspecified atom stereocenters. The fraction of sp³-hybridized carbons (Fsp3) is 0.120. The van der Waals surface area contributed by atoms with Gasteiger partial charge in [-0.3, -0.25) is 14.4 Å². The molecule has 3 rings (SSSR count). The predicted molar refractivity (Wildman–Crippen MR) is 132 cm³/mol. The molecule has 3 aromatic carbocycles. The van der Waals surface area contributed by atoms with Crippen molar-refractivity contribution in [3.8, 4) is 5.75 Å². The summed E-state index contributed by atoms with van der Waals surface area (Å²) in [5, 5.41) is 9.60. The lowest BCUT2D eigenvalue weighted by molar-refractivity contribution is -0.136. The van der Waals surface area contributed by atoms with E-state index in [1.54, 1.807) is 48.5 Å². The Morgan fingerprint density at radius 2 is 1.65 bits per heavy atom. The normalized spacial score (nSPS) is 10.6. The number of nitrogens with zero attached hydrogens (tertiary/aromatic N) is 1. The molecule has 8 nitrogen and oxygen atoms in total. The molecule has 0 radical (unpaired) electrons. The number of amides is 3. The third-order valence-electron chi connectivity index (χ3n) is 4.68. The molecule has 0 spiro atoms. The minimum Gasteiger partial charge on any atom is -0.484 e. The van der Waals surface area contributed by atoms with Crippen LogP contribution in [0.25, 0.3) is 0 Å². The quantitative estimate of drug-likeness (QED) is 0.270. The van der Waals surface area contributed by atoms with Crippen molar-refractivity contribution in [1.82, 2.24) is 5.43 Å². The highest BCUT2D eigenvalue weighted by Gasteiger charge is 2.13. The Kier molecular flexibility index (Phi) is 8.37. The molecule has 0 bridgehead atoms. The van der Waals surface area contributed by atoms with Crippen molar-refractivity contribution in [2.75, 3.05) is 17.2 Å². The number of aryl methyl sites for hydroxylation is 2. The number of hydrogen-bond acceptors (Lipinski definition) is 5. The van der Waals surface area contributed by atoms with Gasteiger partial charge in [0.15, 0.2) is 6.61 Å². The first-order valence-electron chi connectivity index (χ1n) is 10.3. The van der Waals surface area contributed by atoms with E-state index >= 15 is 0 Å². The Bertz CT molecular complexity index is 1230. The predicted octanol–water partition coefficient (Wildman–Crippen LogP) is 4.06. The number of nitrogens with one attached hydrogen (secondary N) is 3. The summed E-state index contributed by atoms with van der Waals surface area (Å²) in [4.78, 5) is 36.0. The van der Waals surface area contributed by atoms with Crippen molar-refractivity contribution >= 4 is 46.9 Å². The van der Waals surface area contributed by atoms with Crippen molar-refractivity contribution < 1.29 is 19.1 Å². The number of hydrogen-bond donors (Lipinski definition) is 3. The van der Waals surface area contributed by atoms with Crippen molar-refractivity contribution in [3.63, 3.8) is 0 Å². The monoisotopic (exact) mass is 478 g/mol. The van der Waals surface area contributed by atoms with Crippen LogP contribution >= 0.6 is 11.6 Å². The molecular formula is C25H23ClN4O4. The molecule has 9 heteroatoms. The van der Waals surface area contributed by atoms with Gasteiger partial charge in [-0.25, -0.2) is 5.43 Å². The third-order valence-corrected chi connectivity index (χ3v) is 5.09. The molecular weight excluding hydrogens is 456 g/mol. The Labute approximate surface area is 202 Å². The summed E-state index contributed by atoms with van der Waals surface area (Å²) in [7, 11) is 0. The molecule has 0 atom stereocenters. The van der Waals surface area contributed by atoms with E-state index in [9.17, 15) is 14.4 Å². The Morgan fingerprint density at radius 3 is 2.35 bits per heavy atom. The van der Waals surface area contributed by atoms with E-state index in [1.165, 1.54) is 6.21 Å². The van der Waals surface area contributed by atoms with Gasteiger partial charge in [0.1, 0.15) is 5.75 Å². The molecule has 0 saturated carbocycles. The van der Waals surface area contributed by atoms with Crippen LogP contribution in [-0.4, -0.2) is 30.5 Å². The van der Waals surface area contributed by atoms with Crippen LogP contribution < -0.4 is 20.8 Å². The van der Waals surface area contributed by atoms with Crippen LogP contribution in [0.2, 0.25) is 5.02 Å². The Morgan fingerprint density at radius 1 is 0.912 bits per heavy atom. The average Bonchev–Trinajstić information content (AvgIpc) is 2.82. The fourth-order valence-corrected chi connectivity index (χ4v) is 2.96. The van der Waals surface area contributed by atoms with Gasteiger partial charge in [0.2, 0.25) is 0 Å². The maximum Gasteiger partial charge on any atom is 0.329 e. The van der Waals surface area contributed by atoms with Gasteiger partial charge in [-0.05, 0) is 73.0 Å². The van der Waals surface area contributed by atoms with Crippen LogP contribution in [0.1, 0.15) is 16.7 Å². The maximum absolute atomic E-state index is 12.1. The first-order chi connectivity index (χ1) is 16.3. The lowest BCUT2D eigenvalue weighted by atomic mass is 10.2. The zero-order valence-corrected chi connectivity index (χ0v) is 19.3. The number of anilines is 2. The highest BCUT2D eigenvalue weighted by atomic mass is 35.5. The minimum atomic E-state index is -0.889. The number of carbonyl (C=O) groups excluding carboxylic acids is 3. The van der Waals surface area contributed by atoms with Crippen molar-refractivity contribution in [1.29, 1.82) is 0 Å². The van der Waals surface area contributed by atoms with Crippen molar-refractivity contribution in [2.45, 2.75) is 13.8 Å². The molecule has 0 aliphatic carbocycles. The molecule has 0 saturated heterocycles. The largest absolute Gasteiger partial charge is 0.484 e. The van der Waals surface area contributed by atoms with Gasteiger partial charge in [0, 0.05) is 16.4 Å². The molecule has 3 amide bonds. The number of benzene rings is 3. The van der Waals surface area contributed by atoms with Crippen LogP contribution in [0, 0.1) is 13.8 Å². The van der Waals surface area contributed by atoms with Gasteiger partial charge < -0.3 is 15.4 Å². The number of hydrazone groups is 1. The van der Waals surface area contributed by atoms with Crippen molar-refractivity contribution in [3.05, 3.63) is 88.4 Å². The number of para-hydroxylation sites is 1. The lowest BCUT2D eigenvalue weighted by Gasteiger charge is -2.09. The van der Waals surface area contributed by atoms with Crippen LogP contribution in [0.3, 0.4) is 0 Å². The van der Waals surface area contributed by atoms with E-state index in [-0.39, 0.29) is 12.5 Å². The van der Waals surface area contributed by atoms with Crippen LogP contribution in [0.5, 0.6) is 5.75 Å². The van der Waals surface area contributed by atoms with Gasteiger partial charge in [0.25, 0.3) is 5.91 Å². The minimum absolute atomic E-state index is 0.176. The molecule has 0 aromatic heterocycles. The highest BCUT2D eigenvalue weighted by molar-refractivity contribution is 6.39. The molecule has 0 aliphatic rings. The van der Waals surface area contributed by atoms with Crippen LogP contribution in [0.4, 0.5) is 11.4 Å². The Hall–Kier alpha value is -4.17. The molecule has 3 aromatic rings. The summed E-state index contributed by atoms with van der Waals surface area (Å²) < 4.78 is 5.48. The van der Waals surface area contributed by atoms with Gasteiger partial charge >= 0.3 is 11.8 Å². The Balaban J connectivity index is 1.44. The summed E-state index contributed by atoms with van der Waals surface area (Å²) in [6, 6.07) is 19.1. The first-order valence-corrected chi connectivity index (χ1v) is 10.7. The summed E-state index contributed by atoms with van der Waals surface area (Å²) in [6.07, 6.45) is 1.39. The fourth-order valence-electron chi connectivity index (χ4n) is 2.78.